The van der Waals surface area contributed by atoms with Crippen LogP contribution < -0.4 is 10.3 Å². The maximum absolute atomic E-state index is 11.6. The summed E-state index contributed by atoms with van der Waals surface area (Å²) in [5.74, 6) is -0.714. The van der Waals surface area contributed by atoms with E-state index in [0.29, 0.717) is 5.75 Å². The second-order valence-corrected chi connectivity index (χ2v) is 3.58. The molecule has 0 aliphatic rings. The van der Waals surface area contributed by atoms with Crippen LogP contribution in [-0.4, -0.2) is 20.6 Å². The first-order valence-corrected chi connectivity index (χ1v) is 5.11. The molecule has 0 amide bonds. The van der Waals surface area contributed by atoms with Gasteiger partial charge in [0, 0.05) is 19.4 Å². The number of ether oxygens (including phenoxy) is 1. The molecular weight excluding hydrogens is 236 g/mol. The molecule has 0 aliphatic heterocycles. The number of aromatic nitrogens is 2. The Bertz CT molecular complexity index is 631. The van der Waals surface area contributed by atoms with Gasteiger partial charge in [0.25, 0.3) is 5.88 Å². The highest BCUT2D eigenvalue weighted by Gasteiger charge is 2.07. The smallest absolute Gasteiger partial charge is 0.335 e. The number of benzene rings is 1. The second kappa shape index (κ2) is 4.70. The van der Waals surface area contributed by atoms with Gasteiger partial charge in [0.2, 0.25) is 0 Å². The van der Waals surface area contributed by atoms with Gasteiger partial charge in [-0.3, -0.25) is 4.79 Å². The van der Waals surface area contributed by atoms with Crippen molar-refractivity contribution in [1.82, 2.24) is 9.55 Å². The molecule has 0 atom stereocenters. The fraction of sp³-hybridized carbons (Fsp3) is 0.0833. The summed E-state index contributed by atoms with van der Waals surface area (Å²) in [6, 6.07) is 5.73. The predicted molar refractivity (Wildman–Crippen MR) is 63.0 cm³/mol. The normalized spacial score (nSPS) is 10.1. The maximum Gasteiger partial charge on any atom is 0.335 e. The number of carbonyl (C=O) groups is 1. The third kappa shape index (κ3) is 2.37. The highest BCUT2D eigenvalue weighted by molar-refractivity contribution is 5.87. The Labute approximate surface area is 102 Å². The van der Waals surface area contributed by atoms with Crippen LogP contribution in [-0.2, 0) is 7.05 Å². The molecule has 0 aliphatic carbocycles. The van der Waals surface area contributed by atoms with E-state index < -0.39 is 5.97 Å². The molecule has 1 aromatic heterocycles. The molecule has 0 bridgehead atoms. The van der Waals surface area contributed by atoms with Crippen molar-refractivity contribution in [3.63, 3.8) is 0 Å². The zero-order valence-corrected chi connectivity index (χ0v) is 9.53. The summed E-state index contributed by atoms with van der Waals surface area (Å²) in [5.41, 5.74) is -0.212. The minimum absolute atomic E-state index is 0.0527. The van der Waals surface area contributed by atoms with Gasteiger partial charge in [0.1, 0.15) is 5.75 Å². The van der Waals surface area contributed by atoms with Gasteiger partial charge in [-0.25, -0.2) is 9.78 Å². The number of hydrogen-bond acceptors (Lipinski definition) is 4. The van der Waals surface area contributed by atoms with Crippen molar-refractivity contribution in [1.29, 1.82) is 0 Å². The van der Waals surface area contributed by atoms with E-state index >= 15 is 0 Å². The van der Waals surface area contributed by atoms with Crippen LogP contribution in [0.1, 0.15) is 10.4 Å². The first kappa shape index (κ1) is 11.8. The van der Waals surface area contributed by atoms with Crippen LogP contribution in [0.3, 0.4) is 0 Å². The van der Waals surface area contributed by atoms with Gasteiger partial charge >= 0.3 is 11.5 Å². The predicted octanol–water partition coefficient (Wildman–Crippen LogP) is 1.27. The first-order valence-electron chi connectivity index (χ1n) is 5.11. The fourth-order valence-electron chi connectivity index (χ4n) is 1.32. The zero-order valence-electron chi connectivity index (χ0n) is 9.53. The number of rotatable bonds is 3. The molecule has 2 aromatic rings. The molecule has 1 N–H and O–H groups in total. The van der Waals surface area contributed by atoms with Gasteiger partial charge in [0.15, 0.2) is 0 Å². The molecule has 1 aromatic carbocycles. The topological polar surface area (TPSA) is 81.4 Å². The van der Waals surface area contributed by atoms with Crippen LogP contribution >= 0.6 is 0 Å². The van der Waals surface area contributed by atoms with E-state index in [1.807, 2.05) is 0 Å². The lowest BCUT2D eigenvalue weighted by Crippen LogP contribution is -2.18. The molecule has 6 nitrogen and oxygen atoms in total. The Kier molecular flexibility index (Phi) is 3.09. The molecule has 0 saturated heterocycles. The number of aromatic carboxylic acids is 1. The van der Waals surface area contributed by atoms with Crippen molar-refractivity contribution < 1.29 is 14.6 Å². The summed E-state index contributed by atoms with van der Waals surface area (Å²) in [5, 5.41) is 8.74. The number of aryl methyl sites for hydroxylation is 1. The van der Waals surface area contributed by atoms with E-state index in [1.54, 1.807) is 7.05 Å². The summed E-state index contributed by atoms with van der Waals surface area (Å²) in [7, 11) is 1.59. The molecule has 0 fully saturated rings. The van der Waals surface area contributed by atoms with Gasteiger partial charge in [-0.1, -0.05) is 0 Å². The van der Waals surface area contributed by atoms with E-state index in [9.17, 15) is 9.59 Å². The van der Waals surface area contributed by atoms with Crippen molar-refractivity contribution in [3.8, 4) is 11.6 Å². The maximum atomic E-state index is 11.6. The van der Waals surface area contributed by atoms with Crippen molar-refractivity contribution in [3.05, 3.63) is 52.6 Å². The molecule has 0 spiro atoms. The standard InChI is InChI=1S/C12H10N2O4/c1-14-7-6-13-10(11(14)15)18-9-4-2-8(3-5-9)12(16)17/h2-7H,1H3,(H,16,17). The third-order valence-corrected chi connectivity index (χ3v) is 2.30. The number of hydrogen-bond donors (Lipinski definition) is 1. The lowest BCUT2D eigenvalue weighted by molar-refractivity contribution is 0.0697. The third-order valence-electron chi connectivity index (χ3n) is 2.30. The summed E-state index contributed by atoms with van der Waals surface area (Å²) >= 11 is 0. The summed E-state index contributed by atoms with van der Waals surface area (Å²) in [6.07, 6.45) is 2.96. The Morgan fingerprint density at radius 3 is 2.61 bits per heavy atom. The van der Waals surface area contributed by atoms with Crippen LogP contribution in [0, 0.1) is 0 Å². The van der Waals surface area contributed by atoms with Crippen LogP contribution in [0.2, 0.25) is 0 Å². The molecule has 6 heteroatoms. The molecule has 0 radical (unpaired) electrons. The van der Waals surface area contributed by atoms with Gasteiger partial charge in [-0.2, -0.15) is 0 Å². The van der Waals surface area contributed by atoms with E-state index in [2.05, 4.69) is 4.98 Å². The zero-order chi connectivity index (χ0) is 13.1. The van der Waals surface area contributed by atoms with Crippen molar-refractivity contribution >= 4 is 5.97 Å². The Morgan fingerprint density at radius 2 is 2.00 bits per heavy atom. The minimum atomic E-state index is -1.02. The highest BCUT2D eigenvalue weighted by Crippen LogP contribution is 2.16. The van der Waals surface area contributed by atoms with E-state index in [0.717, 1.165) is 0 Å². The average molecular weight is 246 g/mol. The van der Waals surface area contributed by atoms with Gasteiger partial charge in [0.05, 0.1) is 5.56 Å². The molecule has 0 unspecified atom stereocenters. The quantitative estimate of drug-likeness (QED) is 0.881. The van der Waals surface area contributed by atoms with Gasteiger partial charge in [-0.15, -0.1) is 0 Å². The van der Waals surface area contributed by atoms with Gasteiger partial charge < -0.3 is 14.4 Å². The molecule has 1 heterocycles. The minimum Gasteiger partial charge on any atom is -0.478 e. The summed E-state index contributed by atoms with van der Waals surface area (Å²) in [4.78, 5) is 26.1. The largest absolute Gasteiger partial charge is 0.478 e. The van der Waals surface area contributed by atoms with Crippen molar-refractivity contribution in [2.45, 2.75) is 0 Å². The average Bonchev–Trinajstić information content (AvgIpc) is 2.36. The SMILES string of the molecule is Cn1ccnc(Oc2ccc(C(=O)O)cc2)c1=O. The second-order valence-electron chi connectivity index (χ2n) is 3.58. The number of carboxylic acid groups (broad SMARTS) is 1. The van der Waals surface area contributed by atoms with E-state index in [1.165, 1.54) is 41.2 Å². The van der Waals surface area contributed by atoms with E-state index in [4.69, 9.17) is 9.84 Å². The fourth-order valence-corrected chi connectivity index (χ4v) is 1.32. The van der Waals surface area contributed by atoms with Crippen molar-refractivity contribution in [2.75, 3.05) is 0 Å². The molecule has 92 valence electrons. The van der Waals surface area contributed by atoms with E-state index in [-0.39, 0.29) is 17.0 Å². The Hall–Kier alpha value is -2.63. The van der Waals surface area contributed by atoms with Gasteiger partial charge in [-0.05, 0) is 24.3 Å². The van der Waals surface area contributed by atoms with Crippen LogP contribution in [0.5, 0.6) is 11.6 Å². The Morgan fingerprint density at radius 1 is 1.33 bits per heavy atom. The highest BCUT2D eigenvalue weighted by atomic mass is 16.5. The van der Waals surface area contributed by atoms with Crippen LogP contribution in [0.25, 0.3) is 0 Å². The van der Waals surface area contributed by atoms with Crippen molar-refractivity contribution in [2.24, 2.45) is 7.05 Å². The molecule has 18 heavy (non-hydrogen) atoms. The lowest BCUT2D eigenvalue weighted by atomic mass is 10.2. The summed E-state index contributed by atoms with van der Waals surface area (Å²) < 4.78 is 6.63. The monoisotopic (exact) mass is 246 g/mol. The summed E-state index contributed by atoms with van der Waals surface area (Å²) in [6.45, 7) is 0. The van der Waals surface area contributed by atoms with Crippen LogP contribution in [0.4, 0.5) is 0 Å². The molecule has 0 saturated carbocycles. The molecular formula is C12H10N2O4. The lowest BCUT2D eigenvalue weighted by Gasteiger charge is -2.05. The number of nitrogens with zero attached hydrogens (tertiary/aromatic N) is 2. The van der Waals surface area contributed by atoms with Crippen LogP contribution in [0.15, 0.2) is 41.5 Å². The Balaban J connectivity index is 2.26. The first-order chi connectivity index (χ1) is 8.58. The molecule has 2 rings (SSSR count). The number of carboxylic acids is 1.